The number of hydrogen-bond donors (Lipinski definition) is 13. The van der Waals surface area contributed by atoms with Gasteiger partial charge in [0.25, 0.3) is 0 Å². The number of hydrogen-bond acceptors (Lipinski definition) is 14. The normalized spacial score (nSPS) is 17.5. The molecule has 0 saturated carbocycles. The number of unbranched alkanes of at least 4 members (excludes halogenated alkanes) is 1. The quantitative estimate of drug-likeness (QED) is 0.0299. The van der Waals surface area contributed by atoms with Gasteiger partial charge in [0.1, 0.15) is 48.3 Å². The summed E-state index contributed by atoms with van der Waals surface area (Å²) in [4.78, 5) is 145. The Labute approximate surface area is 396 Å². The highest BCUT2D eigenvalue weighted by Crippen LogP contribution is 2.22. The minimum Gasteiger partial charge on any atom is -0.481 e. The first-order valence-electron chi connectivity index (χ1n) is 23.0. The third-order valence-corrected chi connectivity index (χ3v) is 11.3. The number of carboxylic acids is 2. The van der Waals surface area contributed by atoms with Crippen LogP contribution in [0.2, 0.25) is 0 Å². The largest absolute Gasteiger partial charge is 0.481 e. The van der Waals surface area contributed by atoms with Gasteiger partial charge in [0, 0.05) is 13.0 Å². The van der Waals surface area contributed by atoms with Crippen LogP contribution in [0.15, 0.2) is 0 Å². The number of aliphatic hydroxyl groups is 1. The van der Waals surface area contributed by atoms with E-state index in [9.17, 15) is 68.1 Å². The monoisotopic (exact) mass is 970 g/mol. The average Bonchev–Trinajstić information content (AvgIpc) is 3.75. The van der Waals surface area contributed by atoms with Crippen LogP contribution in [0.3, 0.4) is 0 Å². The van der Waals surface area contributed by atoms with Gasteiger partial charge in [-0.25, -0.2) is 4.79 Å². The number of nitrogens with zero attached hydrogens (tertiary/aromatic N) is 1. The maximum Gasteiger partial charge on any atom is 0.326 e. The van der Waals surface area contributed by atoms with Gasteiger partial charge >= 0.3 is 11.9 Å². The molecule has 386 valence electrons. The number of carbonyl (C=O) groups excluding carboxylic acids is 9. The Bertz CT molecular complexity index is 1780. The molecule has 25 heteroatoms. The first-order valence-corrected chi connectivity index (χ1v) is 23.0. The van der Waals surface area contributed by atoms with Crippen molar-refractivity contribution in [2.24, 2.45) is 35.0 Å². The van der Waals surface area contributed by atoms with Crippen molar-refractivity contribution in [1.82, 2.24) is 42.1 Å². The van der Waals surface area contributed by atoms with Crippen molar-refractivity contribution in [2.75, 3.05) is 19.6 Å². The lowest BCUT2D eigenvalue weighted by atomic mass is 9.96. The molecule has 68 heavy (non-hydrogen) atoms. The van der Waals surface area contributed by atoms with E-state index in [1.807, 2.05) is 0 Å². The highest BCUT2D eigenvalue weighted by Gasteiger charge is 2.41. The summed E-state index contributed by atoms with van der Waals surface area (Å²) in [6, 6.07) is -10.8. The van der Waals surface area contributed by atoms with E-state index in [2.05, 4.69) is 37.2 Å². The summed E-state index contributed by atoms with van der Waals surface area (Å²) in [6.07, 6.45) is -1.05. The van der Waals surface area contributed by atoms with Crippen molar-refractivity contribution in [2.45, 2.75) is 167 Å². The molecule has 10 atom stereocenters. The number of primary amides is 1. The molecule has 0 aromatic carbocycles. The minimum atomic E-state index is -1.70. The zero-order chi connectivity index (χ0) is 52.0. The molecule has 25 nitrogen and oxygen atoms in total. The molecular formula is C43H75N11O14. The Balaban J connectivity index is 3.34. The van der Waals surface area contributed by atoms with Crippen molar-refractivity contribution < 1.29 is 68.1 Å². The molecule has 0 aromatic rings. The van der Waals surface area contributed by atoms with Gasteiger partial charge in [0.2, 0.25) is 53.2 Å². The van der Waals surface area contributed by atoms with Crippen LogP contribution >= 0.6 is 0 Å². The van der Waals surface area contributed by atoms with Gasteiger partial charge in [0.15, 0.2) is 0 Å². The van der Waals surface area contributed by atoms with Crippen molar-refractivity contribution in [3.63, 3.8) is 0 Å². The second kappa shape index (κ2) is 29.7. The Morgan fingerprint density at radius 3 is 1.82 bits per heavy atom. The Hall–Kier alpha value is -5.95. The summed E-state index contributed by atoms with van der Waals surface area (Å²) in [5.74, 6) is -11.8. The van der Waals surface area contributed by atoms with Crippen LogP contribution in [0.4, 0.5) is 0 Å². The SMILES string of the molecule is CC[C@H](C)[C@H](NC(=O)[C@H](CCC(=O)O)NC(=O)CNC(=O)[C@@H](N)[C@@H](C)O)C(=O)N[C@@H](CC(N)=O)C(=O)N[C@@H](CC(C)C)C(=O)N1CCC[C@H]1C(=O)N[C@H](C(=O)N[C@@H](CCCCN)C(=O)O)C(C)C. The Morgan fingerprint density at radius 1 is 0.706 bits per heavy atom. The summed E-state index contributed by atoms with van der Waals surface area (Å²) >= 11 is 0. The van der Waals surface area contributed by atoms with E-state index in [1.165, 1.54) is 11.8 Å². The number of nitrogens with one attached hydrogen (secondary N) is 7. The van der Waals surface area contributed by atoms with E-state index >= 15 is 0 Å². The number of rotatable bonds is 31. The van der Waals surface area contributed by atoms with Crippen LogP contribution < -0.4 is 54.4 Å². The van der Waals surface area contributed by atoms with Crippen molar-refractivity contribution in [3.05, 3.63) is 0 Å². The lowest BCUT2D eigenvalue weighted by Crippen LogP contribution is -2.61. The molecule has 1 heterocycles. The van der Waals surface area contributed by atoms with Crippen LogP contribution in [0.25, 0.3) is 0 Å². The van der Waals surface area contributed by atoms with E-state index in [0.717, 1.165) is 0 Å². The fourth-order valence-corrected chi connectivity index (χ4v) is 7.18. The molecule has 0 aromatic heterocycles. The fourth-order valence-electron chi connectivity index (χ4n) is 7.18. The van der Waals surface area contributed by atoms with Crippen LogP contribution in [0.5, 0.6) is 0 Å². The van der Waals surface area contributed by atoms with Crippen LogP contribution in [-0.4, -0.2) is 159 Å². The van der Waals surface area contributed by atoms with Gasteiger partial charge in [-0.2, -0.15) is 0 Å². The van der Waals surface area contributed by atoms with Crippen molar-refractivity contribution in [1.29, 1.82) is 0 Å². The van der Waals surface area contributed by atoms with Crippen molar-refractivity contribution >= 4 is 65.1 Å². The van der Waals surface area contributed by atoms with Gasteiger partial charge in [-0.15, -0.1) is 0 Å². The molecule has 0 aliphatic carbocycles. The smallest absolute Gasteiger partial charge is 0.326 e. The zero-order valence-electron chi connectivity index (χ0n) is 40.1. The lowest BCUT2D eigenvalue weighted by molar-refractivity contribution is -0.144. The van der Waals surface area contributed by atoms with Gasteiger partial charge in [-0.3, -0.25) is 47.9 Å². The van der Waals surface area contributed by atoms with E-state index in [4.69, 9.17) is 17.2 Å². The summed E-state index contributed by atoms with van der Waals surface area (Å²) in [5.41, 5.74) is 16.6. The maximum absolute atomic E-state index is 14.3. The second-order valence-electron chi connectivity index (χ2n) is 17.9. The third kappa shape index (κ3) is 20.5. The Morgan fingerprint density at radius 2 is 1.29 bits per heavy atom. The van der Waals surface area contributed by atoms with Crippen LogP contribution in [-0.2, 0) is 52.7 Å². The predicted octanol–water partition coefficient (Wildman–Crippen LogP) is -3.59. The van der Waals surface area contributed by atoms with E-state index in [0.29, 0.717) is 25.8 Å². The summed E-state index contributed by atoms with van der Waals surface area (Å²) < 4.78 is 0. The number of nitrogens with two attached hydrogens (primary N) is 3. The fraction of sp³-hybridized carbons (Fsp3) is 0.744. The zero-order valence-corrected chi connectivity index (χ0v) is 40.1. The van der Waals surface area contributed by atoms with Gasteiger partial charge in [-0.1, -0.05) is 48.0 Å². The first-order chi connectivity index (χ1) is 31.7. The number of carbonyl (C=O) groups is 11. The molecular weight excluding hydrogens is 895 g/mol. The van der Waals surface area contributed by atoms with Crippen molar-refractivity contribution in [3.8, 4) is 0 Å². The number of aliphatic carboxylic acids is 2. The lowest BCUT2D eigenvalue weighted by Gasteiger charge is -2.32. The predicted molar refractivity (Wildman–Crippen MR) is 244 cm³/mol. The van der Waals surface area contributed by atoms with Gasteiger partial charge in [-0.05, 0) is 76.2 Å². The molecule has 9 amide bonds. The van der Waals surface area contributed by atoms with E-state index < -0.39 is 157 Å². The van der Waals surface area contributed by atoms with Gasteiger partial charge in [0.05, 0.1) is 19.1 Å². The maximum atomic E-state index is 14.3. The standard InChI is InChI=1S/C43H75N11O14/c1-8-23(6)35(53-36(60)25(14-15-32(58)59)48-31(57)20-47-39(63)33(46)24(7)55)41(65)50-27(19-30(45)56)37(61)51-28(18-21(2)3)42(66)54-17-11-13-29(54)38(62)52-34(22(4)5)40(64)49-26(43(67)68)12-9-10-16-44/h21-29,33-35,55H,8-20,44,46H2,1-7H3,(H2,45,56)(H,47,63)(H,48,57)(H,49,64)(H,50,65)(H,51,61)(H,52,62)(H,53,60)(H,58,59)(H,67,68)/t23-,24+,25-,26-,27-,28-,29-,33-,34-,35-/m0/s1. The molecule has 1 rings (SSSR count). The summed E-state index contributed by atoms with van der Waals surface area (Å²) in [5, 5.41) is 45.7. The number of amides is 9. The number of aliphatic hydroxyl groups excluding tert-OH is 1. The molecule has 1 fully saturated rings. The molecule has 1 aliphatic heterocycles. The number of likely N-dealkylation sites (tertiary alicyclic amines) is 1. The topological polar surface area (TPSA) is 414 Å². The summed E-state index contributed by atoms with van der Waals surface area (Å²) in [7, 11) is 0. The molecule has 0 bridgehead atoms. The molecule has 1 aliphatic rings. The minimum absolute atomic E-state index is 0.0381. The van der Waals surface area contributed by atoms with Crippen LogP contribution in [0.1, 0.15) is 113 Å². The molecule has 0 spiro atoms. The Kier molecular flexibility index (Phi) is 26.3. The third-order valence-electron chi connectivity index (χ3n) is 11.3. The molecule has 0 radical (unpaired) electrons. The highest BCUT2D eigenvalue weighted by molar-refractivity contribution is 5.99. The van der Waals surface area contributed by atoms with Crippen LogP contribution in [0, 0.1) is 17.8 Å². The molecule has 16 N–H and O–H groups in total. The molecule has 1 saturated heterocycles. The first kappa shape index (κ1) is 60.1. The number of carboxylic acid groups (broad SMARTS) is 2. The van der Waals surface area contributed by atoms with E-state index in [-0.39, 0.29) is 38.1 Å². The van der Waals surface area contributed by atoms with Gasteiger partial charge < -0.3 is 74.6 Å². The second-order valence-corrected chi connectivity index (χ2v) is 17.9. The van der Waals surface area contributed by atoms with E-state index in [1.54, 1.807) is 41.5 Å². The average molecular weight is 970 g/mol. The highest BCUT2D eigenvalue weighted by atomic mass is 16.4. The summed E-state index contributed by atoms with van der Waals surface area (Å²) in [6.45, 7) is 11.1. The molecule has 0 unspecified atom stereocenters.